The van der Waals surface area contributed by atoms with Crippen molar-refractivity contribution >= 4 is 47.3 Å². The number of guanidine groups is 1. The molecule has 2 amide bonds. The Balaban J connectivity index is 0.00000312. The molecule has 0 unspecified atom stereocenters. The predicted octanol–water partition coefficient (Wildman–Crippen LogP) is 2.02. The van der Waals surface area contributed by atoms with Crippen LogP contribution in [0, 0.1) is 13.8 Å². The molecule has 1 fully saturated rings. The van der Waals surface area contributed by atoms with Crippen molar-refractivity contribution in [3.8, 4) is 0 Å². The van der Waals surface area contributed by atoms with E-state index in [-0.39, 0.29) is 30.0 Å². The van der Waals surface area contributed by atoms with Gasteiger partial charge in [-0.25, -0.2) is 9.78 Å². The predicted molar refractivity (Wildman–Crippen MR) is 114 cm³/mol. The number of halogens is 1. The second kappa shape index (κ2) is 10.8. The maximum Gasteiger partial charge on any atom is 0.314 e. The van der Waals surface area contributed by atoms with E-state index in [1.165, 1.54) is 4.88 Å². The largest absolute Gasteiger partial charge is 0.357 e. The number of carbonyl (C=O) groups excluding carboxylic acids is 1. The summed E-state index contributed by atoms with van der Waals surface area (Å²) in [5, 5.41) is 7.87. The van der Waals surface area contributed by atoms with E-state index in [0.717, 1.165) is 49.0 Å². The quantitative estimate of drug-likeness (QED) is 0.342. The van der Waals surface area contributed by atoms with Crippen LogP contribution in [0.3, 0.4) is 0 Å². The minimum Gasteiger partial charge on any atom is -0.357 e. The Bertz CT molecular complexity index is 583. The molecule has 0 atom stereocenters. The summed E-state index contributed by atoms with van der Waals surface area (Å²) in [4.78, 5) is 23.3. The monoisotopic (exact) mass is 480 g/mol. The fourth-order valence-electron chi connectivity index (χ4n) is 2.83. The van der Waals surface area contributed by atoms with Crippen molar-refractivity contribution in [2.75, 3.05) is 26.2 Å². The summed E-state index contributed by atoms with van der Waals surface area (Å²) in [5.74, 6) is 0.842. The summed E-state index contributed by atoms with van der Waals surface area (Å²) in [6.45, 7) is 9.11. The number of urea groups is 1. The number of nitrogens with zero attached hydrogens (tertiary/aromatic N) is 3. The van der Waals surface area contributed by atoms with E-state index < -0.39 is 0 Å². The number of amides is 2. The molecule has 0 spiro atoms. The normalized spacial score (nSPS) is 15.6. The highest BCUT2D eigenvalue weighted by molar-refractivity contribution is 14.0. The maximum absolute atomic E-state index is 11.2. The van der Waals surface area contributed by atoms with Crippen molar-refractivity contribution in [1.82, 2.24) is 20.5 Å². The molecule has 142 valence electrons. The number of nitrogens with two attached hydrogens (primary N) is 1. The van der Waals surface area contributed by atoms with Gasteiger partial charge in [0.1, 0.15) is 0 Å². The number of nitrogens with one attached hydrogen (secondary N) is 2. The molecule has 1 aromatic heterocycles. The van der Waals surface area contributed by atoms with Crippen LogP contribution in [0.4, 0.5) is 4.79 Å². The Labute approximate surface area is 170 Å². The Hall–Kier alpha value is -1.10. The van der Waals surface area contributed by atoms with Gasteiger partial charge in [0.05, 0.1) is 10.7 Å². The van der Waals surface area contributed by atoms with Crippen molar-refractivity contribution in [3.05, 3.63) is 15.6 Å². The number of aliphatic imine (C=N–C) groups is 1. The second-order valence-electron chi connectivity index (χ2n) is 6.00. The zero-order valence-electron chi connectivity index (χ0n) is 15.2. The van der Waals surface area contributed by atoms with Gasteiger partial charge in [-0.3, -0.25) is 4.99 Å². The molecule has 2 rings (SSSR count). The van der Waals surface area contributed by atoms with Crippen LogP contribution in [0.1, 0.15) is 35.3 Å². The van der Waals surface area contributed by atoms with Crippen molar-refractivity contribution in [2.45, 2.75) is 46.1 Å². The number of hydrogen-bond acceptors (Lipinski definition) is 4. The molecule has 0 aliphatic carbocycles. The Kier molecular flexibility index (Phi) is 9.47. The van der Waals surface area contributed by atoms with E-state index in [4.69, 9.17) is 5.73 Å². The number of hydrogen-bond donors (Lipinski definition) is 3. The Morgan fingerprint density at radius 3 is 2.60 bits per heavy atom. The van der Waals surface area contributed by atoms with Crippen LogP contribution in [-0.4, -0.2) is 54.1 Å². The highest BCUT2D eigenvalue weighted by Gasteiger charge is 2.21. The molecule has 0 aromatic carbocycles. The van der Waals surface area contributed by atoms with Crippen LogP contribution < -0.4 is 16.4 Å². The van der Waals surface area contributed by atoms with E-state index in [2.05, 4.69) is 34.5 Å². The lowest BCUT2D eigenvalue weighted by Gasteiger charge is -2.32. The molecule has 0 saturated carbocycles. The molecule has 1 aliphatic heterocycles. The minimum atomic E-state index is -0.329. The zero-order chi connectivity index (χ0) is 17.5. The molecule has 0 radical (unpaired) electrons. The van der Waals surface area contributed by atoms with Gasteiger partial charge in [0.2, 0.25) is 0 Å². The summed E-state index contributed by atoms with van der Waals surface area (Å²) in [6, 6.07) is -0.00460. The smallest absolute Gasteiger partial charge is 0.314 e. The summed E-state index contributed by atoms with van der Waals surface area (Å²) in [7, 11) is 0. The van der Waals surface area contributed by atoms with Gasteiger partial charge in [-0.15, -0.1) is 35.3 Å². The lowest BCUT2D eigenvalue weighted by molar-refractivity contribution is 0.188. The average Bonchev–Trinajstić information content (AvgIpc) is 2.86. The van der Waals surface area contributed by atoms with E-state index in [9.17, 15) is 4.79 Å². The number of aromatic nitrogens is 1. The molecule has 7 nitrogen and oxygen atoms in total. The SMILES string of the molecule is CCNC(=NCCc1sc(C)nc1C)NC1CCN(C(N)=O)CC1.I. The van der Waals surface area contributed by atoms with E-state index >= 15 is 0 Å². The van der Waals surface area contributed by atoms with Crippen LogP contribution in [-0.2, 0) is 6.42 Å². The summed E-state index contributed by atoms with van der Waals surface area (Å²) < 4.78 is 0. The van der Waals surface area contributed by atoms with Crippen LogP contribution >= 0.6 is 35.3 Å². The standard InChI is InChI=1S/C16H28N6OS.HI/c1-4-18-16(19-8-5-14-11(2)20-12(3)24-14)21-13-6-9-22(10-7-13)15(17)23;/h13H,4-10H2,1-3H3,(H2,17,23)(H2,18,19,21);1H. The van der Waals surface area contributed by atoms with Gasteiger partial charge in [0, 0.05) is 43.5 Å². The van der Waals surface area contributed by atoms with Crippen LogP contribution in [0.25, 0.3) is 0 Å². The summed E-state index contributed by atoms with van der Waals surface area (Å²) in [6.07, 6.45) is 2.69. The molecular formula is C16H29IN6OS. The number of likely N-dealkylation sites (tertiary alicyclic amines) is 1. The first kappa shape index (κ1) is 21.9. The molecule has 9 heteroatoms. The summed E-state index contributed by atoms with van der Waals surface area (Å²) in [5.41, 5.74) is 6.44. The molecule has 1 aliphatic rings. The molecule has 0 bridgehead atoms. The number of carbonyl (C=O) groups is 1. The first-order chi connectivity index (χ1) is 11.5. The van der Waals surface area contributed by atoms with Gasteiger partial charge < -0.3 is 21.3 Å². The third-order valence-electron chi connectivity index (χ3n) is 4.10. The third kappa shape index (κ3) is 6.96. The number of rotatable bonds is 5. The van der Waals surface area contributed by atoms with Crippen molar-refractivity contribution in [3.63, 3.8) is 0 Å². The fraction of sp³-hybridized carbons (Fsp3) is 0.688. The highest BCUT2D eigenvalue weighted by Crippen LogP contribution is 2.17. The minimum absolute atomic E-state index is 0. The molecule has 1 aromatic rings. The molecular weight excluding hydrogens is 451 g/mol. The number of aryl methyl sites for hydroxylation is 2. The first-order valence-corrected chi connectivity index (χ1v) is 9.33. The second-order valence-corrected chi connectivity index (χ2v) is 7.28. The lowest BCUT2D eigenvalue weighted by Crippen LogP contribution is -2.50. The molecule has 2 heterocycles. The van der Waals surface area contributed by atoms with Gasteiger partial charge in [-0.2, -0.15) is 0 Å². The number of piperidine rings is 1. The molecule has 4 N–H and O–H groups in total. The van der Waals surface area contributed by atoms with Crippen LogP contribution in [0.15, 0.2) is 4.99 Å². The third-order valence-corrected chi connectivity index (χ3v) is 5.23. The zero-order valence-corrected chi connectivity index (χ0v) is 18.3. The fourth-order valence-corrected chi connectivity index (χ4v) is 3.76. The van der Waals surface area contributed by atoms with Crippen molar-refractivity contribution in [1.29, 1.82) is 0 Å². The van der Waals surface area contributed by atoms with E-state index in [1.54, 1.807) is 16.2 Å². The molecule has 25 heavy (non-hydrogen) atoms. The Morgan fingerprint density at radius 2 is 2.08 bits per heavy atom. The number of primary amides is 1. The first-order valence-electron chi connectivity index (χ1n) is 8.51. The maximum atomic E-state index is 11.2. The van der Waals surface area contributed by atoms with Gasteiger partial charge in [-0.05, 0) is 33.6 Å². The highest BCUT2D eigenvalue weighted by atomic mass is 127. The topological polar surface area (TPSA) is 95.6 Å². The molecule has 1 saturated heterocycles. The van der Waals surface area contributed by atoms with Gasteiger partial charge >= 0.3 is 6.03 Å². The number of thiazole rings is 1. The Morgan fingerprint density at radius 1 is 1.40 bits per heavy atom. The average molecular weight is 480 g/mol. The van der Waals surface area contributed by atoms with Gasteiger partial charge in [0.15, 0.2) is 5.96 Å². The van der Waals surface area contributed by atoms with E-state index in [1.807, 2.05) is 6.92 Å². The van der Waals surface area contributed by atoms with Crippen molar-refractivity contribution < 1.29 is 4.79 Å². The van der Waals surface area contributed by atoms with Crippen LogP contribution in [0.2, 0.25) is 0 Å². The van der Waals surface area contributed by atoms with Gasteiger partial charge in [-0.1, -0.05) is 0 Å². The van der Waals surface area contributed by atoms with Crippen molar-refractivity contribution in [2.24, 2.45) is 10.7 Å². The van der Waals surface area contributed by atoms with Gasteiger partial charge in [0.25, 0.3) is 0 Å². The van der Waals surface area contributed by atoms with Crippen LogP contribution in [0.5, 0.6) is 0 Å². The summed E-state index contributed by atoms with van der Waals surface area (Å²) >= 11 is 1.75. The lowest BCUT2D eigenvalue weighted by atomic mass is 10.1. The van der Waals surface area contributed by atoms with E-state index in [0.29, 0.717) is 19.1 Å².